The van der Waals surface area contributed by atoms with Gasteiger partial charge in [-0.1, -0.05) is 60.7 Å². The average Bonchev–Trinajstić information content (AvgIpc) is 2.51. The summed E-state index contributed by atoms with van der Waals surface area (Å²) < 4.78 is 0. The van der Waals surface area contributed by atoms with Gasteiger partial charge in [-0.2, -0.15) is 0 Å². The van der Waals surface area contributed by atoms with Crippen LogP contribution in [0, 0.1) is 0 Å². The van der Waals surface area contributed by atoms with Gasteiger partial charge >= 0.3 is 0 Å². The van der Waals surface area contributed by atoms with Crippen LogP contribution >= 0.6 is 0 Å². The molecule has 20 heavy (non-hydrogen) atoms. The minimum atomic E-state index is 0.272. The first-order chi connectivity index (χ1) is 9.83. The highest BCUT2D eigenvalue weighted by Gasteiger charge is 2.26. The summed E-state index contributed by atoms with van der Waals surface area (Å²) in [6.07, 6.45) is 1.69. The molecule has 1 saturated heterocycles. The largest absolute Gasteiger partial charge is 0.338 e. The Morgan fingerprint density at radius 3 is 2.25 bits per heavy atom. The van der Waals surface area contributed by atoms with Gasteiger partial charge in [0.25, 0.3) is 0 Å². The predicted molar refractivity (Wildman–Crippen MR) is 80.3 cm³/mol. The molecule has 3 rings (SSSR count). The van der Waals surface area contributed by atoms with Crippen molar-refractivity contribution in [1.29, 1.82) is 0 Å². The molecule has 0 N–H and O–H groups in total. The van der Waals surface area contributed by atoms with Crippen molar-refractivity contribution >= 4 is 5.91 Å². The topological polar surface area (TPSA) is 20.3 Å². The van der Waals surface area contributed by atoms with Crippen molar-refractivity contribution in [3.63, 3.8) is 0 Å². The fourth-order valence-electron chi connectivity index (χ4n) is 2.86. The van der Waals surface area contributed by atoms with Crippen molar-refractivity contribution in [2.75, 3.05) is 6.54 Å². The van der Waals surface area contributed by atoms with Gasteiger partial charge in [-0.05, 0) is 23.5 Å². The Bertz CT molecular complexity index is 564. The van der Waals surface area contributed by atoms with Crippen LogP contribution in [0.1, 0.15) is 29.9 Å². The van der Waals surface area contributed by atoms with Gasteiger partial charge in [-0.15, -0.1) is 0 Å². The molecular formula is C18H19NO. The average molecular weight is 265 g/mol. The van der Waals surface area contributed by atoms with E-state index in [0.29, 0.717) is 12.3 Å². The van der Waals surface area contributed by atoms with Crippen molar-refractivity contribution in [1.82, 2.24) is 4.90 Å². The second kappa shape index (κ2) is 5.91. The van der Waals surface area contributed by atoms with E-state index in [1.807, 2.05) is 29.2 Å². The number of carbonyl (C=O) groups is 1. The highest BCUT2D eigenvalue weighted by atomic mass is 16.2. The van der Waals surface area contributed by atoms with E-state index in [4.69, 9.17) is 0 Å². The van der Waals surface area contributed by atoms with Crippen molar-refractivity contribution < 1.29 is 4.79 Å². The summed E-state index contributed by atoms with van der Waals surface area (Å²) in [6, 6.07) is 20.6. The standard InChI is InChI=1S/C18H19NO/c20-18-13-17(16-9-5-2-6-10-16)11-12-19(18)14-15-7-3-1-4-8-15/h1-10,17H,11-14H2/t17-/m0/s1. The number of likely N-dealkylation sites (tertiary alicyclic amines) is 1. The molecule has 0 spiro atoms. The van der Waals surface area contributed by atoms with E-state index in [2.05, 4.69) is 36.4 Å². The van der Waals surface area contributed by atoms with Crippen LogP contribution in [0.4, 0.5) is 0 Å². The van der Waals surface area contributed by atoms with E-state index in [-0.39, 0.29) is 5.91 Å². The molecule has 0 aromatic heterocycles. The first-order valence-electron chi connectivity index (χ1n) is 7.19. The van der Waals surface area contributed by atoms with Gasteiger partial charge in [0, 0.05) is 19.5 Å². The number of hydrogen-bond donors (Lipinski definition) is 0. The van der Waals surface area contributed by atoms with Crippen molar-refractivity contribution in [3.8, 4) is 0 Å². The van der Waals surface area contributed by atoms with E-state index in [1.165, 1.54) is 11.1 Å². The molecule has 102 valence electrons. The molecule has 2 heteroatoms. The Kier molecular flexibility index (Phi) is 3.82. The summed E-state index contributed by atoms with van der Waals surface area (Å²) in [6.45, 7) is 1.59. The van der Waals surface area contributed by atoms with Crippen LogP contribution in [0.15, 0.2) is 60.7 Å². The zero-order valence-electron chi connectivity index (χ0n) is 11.5. The molecule has 1 aliphatic rings. The SMILES string of the molecule is O=C1C[C@@H](c2ccccc2)CCN1Cc1ccccc1. The lowest BCUT2D eigenvalue weighted by atomic mass is 9.89. The maximum atomic E-state index is 12.3. The Labute approximate surface area is 120 Å². The Morgan fingerprint density at radius 1 is 0.950 bits per heavy atom. The lowest BCUT2D eigenvalue weighted by Gasteiger charge is -2.32. The maximum Gasteiger partial charge on any atom is 0.223 e. The van der Waals surface area contributed by atoms with Crippen LogP contribution in [0.5, 0.6) is 0 Å². The first-order valence-corrected chi connectivity index (χ1v) is 7.19. The molecular weight excluding hydrogens is 246 g/mol. The first kappa shape index (κ1) is 12.9. The predicted octanol–water partition coefficient (Wildman–Crippen LogP) is 3.59. The van der Waals surface area contributed by atoms with E-state index in [9.17, 15) is 4.79 Å². The molecule has 0 saturated carbocycles. The molecule has 2 aromatic carbocycles. The number of nitrogens with zero attached hydrogens (tertiary/aromatic N) is 1. The lowest BCUT2D eigenvalue weighted by Crippen LogP contribution is -2.37. The van der Waals surface area contributed by atoms with Gasteiger partial charge in [-0.25, -0.2) is 0 Å². The Balaban J connectivity index is 1.64. The zero-order chi connectivity index (χ0) is 13.8. The third kappa shape index (κ3) is 2.90. The number of rotatable bonds is 3. The summed E-state index contributed by atoms with van der Waals surface area (Å²) in [4.78, 5) is 14.3. The van der Waals surface area contributed by atoms with Crippen molar-refractivity contribution in [2.24, 2.45) is 0 Å². The third-order valence-electron chi connectivity index (χ3n) is 4.01. The molecule has 0 unspecified atom stereocenters. The van der Waals surface area contributed by atoms with Crippen LogP contribution in [0.2, 0.25) is 0 Å². The molecule has 1 fully saturated rings. The molecule has 0 bridgehead atoms. The van der Waals surface area contributed by atoms with Gasteiger partial charge in [-0.3, -0.25) is 4.79 Å². The number of carbonyl (C=O) groups excluding carboxylic acids is 1. The molecule has 0 aliphatic carbocycles. The molecule has 2 nitrogen and oxygen atoms in total. The summed E-state index contributed by atoms with van der Waals surface area (Å²) in [7, 11) is 0. The van der Waals surface area contributed by atoms with Gasteiger partial charge in [0.05, 0.1) is 0 Å². The van der Waals surface area contributed by atoms with Gasteiger partial charge in [0.2, 0.25) is 5.91 Å². The van der Waals surface area contributed by atoms with Gasteiger partial charge < -0.3 is 4.90 Å². The minimum Gasteiger partial charge on any atom is -0.338 e. The molecule has 1 heterocycles. The monoisotopic (exact) mass is 265 g/mol. The van der Waals surface area contributed by atoms with E-state index in [0.717, 1.165) is 19.5 Å². The molecule has 1 aliphatic heterocycles. The minimum absolute atomic E-state index is 0.272. The van der Waals surface area contributed by atoms with Gasteiger partial charge in [0.1, 0.15) is 0 Å². The summed E-state index contributed by atoms with van der Waals surface area (Å²) in [5.41, 5.74) is 2.50. The van der Waals surface area contributed by atoms with Crippen molar-refractivity contribution in [2.45, 2.75) is 25.3 Å². The third-order valence-corrected chi connectivity index (χ3v) is 4.01. The van der Waals surface area contributed by atoms with Gasteiger partial charge in [0.15, 0.2) is 0 Å². The highest BCUT2D eigenvalue weighted by Crippen LogP contribution is 2.29. The zero-order valence-corrected chi connectivity index (χ0v) is 11.5. The fourth-order valence-corrected chi connectivity index (χ4v) is 2.86. The number of hydrogen-bond acceptors (Lipinski definition) is 1. The molecule has 0 radical (unpaired) electrons. The Hall–Kier alpha value is -2.09. The quantitative estimate of drug-likeness (QED) is 0.830. The number of piperidine rings is 1. The van der Waals surface area contributed by atoms with Crippen LogP contribution in [-0.4, -0.2) is 17.4 Å². The van der Waals surface area contributed by atoms with Crippen LogP contribution in [-0.2, 0) is 11.3 Å². The second-order valence-electron chi connectivity index (χ2n) is 5.40. The summed E-state index contributed by atoms with van der Waals surface area (Å²) in [5, 5.41) is 0. The molecule has 1 atom stereocenters. The van der Waals surface area contributed by atoms with E-state index < -0.39 is 0 Å². The maximum absolute atomic E-state index is 12.3. The van der Waals surface area contributed by atoms with Crippen molar-refractivity contribution in [3.05, 3.63) is 71.8 Å². The normalized spacial score (nSPS) is 19.1. The van der Waals surface area contributed by atoms with E-state index >= 15 is 0 Å². The van der Waals surface area contributed by atoms with Crippen LogP contribution in [0.25, 0.3) is 0 Å². The number of amides is 1. The summed E-state index contributed by atoms with van der Waals surface area (Å²) in [5.74, 6) is 0.657. The Morgan fingerprint density at radius 2 is 1.60 bits per heavy atom. The number of benzene rings is 2. The lowest BCUT2D eigenvalue weighted by molar-refractivity contribution is -0.134. The van der Waals surface area contributed by atoms with E-state index in [1.54, 1.807) is 0 Å². The van der Waals surface area contributed by atoms with Crippen LogP contribution < -0.4 is 0 Å². The van der Waals surface area contributed by atoms with Crippen LogP contribution in [0.3, 0.4) is 0 Å². The fraction of sp³-hybridized carbons (Fsp3) is 0.278. The smallest absolute Gasteiger partial charge is 0.223 e. The highest BCUT2D eigenvalue weighted by molar-refractivity contribution is 5.78. The summed E-state index contributed by atoms with van der Waals surface area (Å²) >= 11 is 0. The molecule has 2 aromatic rings. The molecule has 1 amide bonds. The second-order valence-corrected chi connectivity index (χ2v) is 5.40.